The first-order valence-electron chi connectivity index (χ1n) is 6.71. The first kappa shape index (κ1) is 13.9. The van der Waals surface area contributed by atoms with E-state index >= 15 is 0 Å². The average Bonchev–Trinajstić information content (AvgIpc) is 2.77. The highest BCUT2D eigenvalue weighted by molar-refractivity contribution is 6.62. The Hall–Kier alpha value is -1.04. The molecule has 20 heavy (non-hydrogen) atoms. The van der Waals surface area contributed by atoms with Gasteiger partial charge in [-0.2, -0.15) is 0 Å². The van der Waals surface area contributed by atoms with Gasteiger partial charge in [0.15, 0.2) is 0 Å². The number of rotatable bonds is 1. The number of hydrogen-bond acceptors (Lipinski definition) is 3. The smallest absolute Gasteiger partial charge is 0.399 e. The first-order chi connectivity index (χ1) is 9.19. The van der Waals surface area contributed by atoms with Gasteiger partial charge in [0, 0.05) is 0 Å². The Morgan fingerprint density at radius 1 is 1.15 bits per heavy atom. The van der Waals surface area contributed by atoms with Crippen molar-refractivity contribution in [1.29, 1.82) is 0 Å². The molecule has 0 atom stereocenters. The third kappa shape index (κ3) is 2.05. The molecule has 0 spiro atoms. The van der Waals surface area contributed by atoms with Crippen molar-refractivity contribution in [2.75, 3.05) is 0 Å². The van der Waals surface area contributed by atoms with Gasteiger partial charge in [0.25, 0.3) is 0 Å². The summed E-state index contributed by atoms with van der Waals surface area (Å²) in [6.07, 6.45) is 0. The molecule has 1 aliphatic rings. The molecular weight excluding hydrogens is 274 g/mol. The van der Waals surface area contributed by atoms with Crippen LogP contribution in [0.15, 0.2) is 12.1 Å². The minimum Gasteiger partial charge on any atom is -0.399 e. The molecule has 0 aliphatic carbocycles. The molecular formula is C14H18BClN2O2. The highest BCUT2D eigenvalue weighted by Gasteiger charge is 2.51. The molecule has 2 aromatic rings. The van der Waals surface area contributed by atoms with Gasteiger partial charge in [0.1, 0.15) is 11.3 Å². The monoisotopic (exact) mass is 292 g/mol. The number of fused-ring (bicyclic) bond motifs is 1. The van der Waals surface area contributed by atoms with Crippen molar-refractivity contribution >= 4 is 35.2 Å². The Labute approximate surface area is 124 Å². The molecule has 0 unspecified atom stereocenters. The molecule has 6 heteroatoms. The molecule has 1 N–H and O–H groups in total. The van der Waals surface area contributed by atoms with Gasteiger partial charge in [-0.05, 0) is 52.2 Å². The lowest BCUT2D eigenvalue weighted by Crippen LogP contribution is -2.41. The predicted octanol–water partition coefficient (Wildman–Crippen LogP) is 2.82. The van der Waals surface area contributed by atoms with Gasteiger partial charge in [-0.3, -0.25) is 0 Å². The Kier molecular flexibility index (Phi) is 2.94. The number of H-pyrrole nitrogens is 1. The lowest BCUT2D eigenvalue weighted by atomic mass is 9.79. The van der Waals surface area contributed by atoms with Crippen molar-refractivity contribution in [1.82, 2.24) is 9.97 Å². The summed E-state index contributed by atoms with van der Waals surface area (Å²) in [5.41, 5.74) is 1.88. The summed E-state index contributed by atoms with van der Waals surface area (Å²) in [5, 5.41) is 0.608. The second kappa shape index (κ2) is 4.23. The fourth-order valence-corrected chi connectivity index (χ4v) is 2.60. The zero-order valence-electron chi connectivity index (χ0n) is 12.4. The van der Waals surface area contributed by atoms with Gasteiger partial charge in [0.05, 0.1) is 21.7 Å². The van der Waals surface area contributed by atoms with Crippen LogP contribution >= 0.6 is 11.6 Å². The van der Waals surface area contributed by atoms with Gasteiger partial charge >= 0.3 is 7.12 Å². The van der Waals surface area contributed by atoms with Crippen LogP contribution in [-0.4, -0.2) is 28.3 Å². The molecule has 1 fully saturated rings. The molecule has 0 radical (unpaired) electrons. The van der Waals surface area contributed by atoms with E-state index in [-0.39, 0.29) is 11.2 Å². The van der Waals surface area contributed by atoms with Crippen molar-refractivity contribution in [2.45, 2.75) is 45.8 Å². The van der Waals surface area contributed by atoms with Crippen LogP contribution in [-0.2, 0) is 9.31 Å². The van der Waals surface area contributed by atoms with Gasteiger partial charge < -0.3 is 14.3 Å². The number of nitrogens with one attached hydrogen (secondary N) is 1. The van der Waals surface area contributed by atoms with Crippen LogP contribution in [0.4, 0.5) is 0 Å². The van der Waals surface area contributed by atoms with Gasteiger partial charge in [-0.15, -0.1) is 0 Å². The zero-order valence-corrected chi connectivity index (χ0v) is 13.1. The molecule has 1 aliphatic heterocycles. The van der Waals surface area contributed by atoms with Crippen LogP contribution in [0.5, 0.6) is 0 Å². The first-order valence-corrected chi connectivity index (χ1v) is 7.09. The van der Waals surface area contributed by atoms with Crippen molar-refractivity contribution in [3.8, 4) is 0 Å². The number of aryl methyl sites for hydroxylation is 1. The minimum atomic E-state index is -0.412. The van der Waals surface area contributed by atoms with E-state index in [1.165, 1.54) is 0 Å². The molecule has 1 aromatic carbocycles. The van der Waals surface area contributed by atoms with Gasteiger partial charge in [-0.25, -0.2) is 4.98 Å². The maximum atomic E-state index is 6.30. The number of imidazole rings is 1. The molecule has 1 aromatic heterocycles. The number of aromatic nitrogens is 2. The highest BCUT2D eigenvalue weighted by Crippen LogP contribution is 2.36. The maximum Gasteiger partial charge on any atom is 0.494 e. The maximum absolute atomic E-state index is 6.30. The molecule has 4 nitrogen and oxygen atoms in total. The molecule has 2 heterocycles. The van der Waals surface area contributed by atoms with E-state index in [9.17, 15) is 0 Å². The summed E-state index contributed by atoms with van der Waals surface area (Å²) < 4.78 is 12.1. The van der Waals surface area contributed by atoms with Gasteiger partial charge in [0.2, 0.25) is 0 Å². The SMILES string of the molecule is Cc1nc2c(Cl)cc(B3OC(C)(C)C(C)(C)O3)cc2[nH]1. The summed E-state index contributed by atoms with van der Waals surface area (Å²) in [4.78, 5) is 7.57. The number of nitrogens with zero attached hydrogens (tertiary/aromatic N) is 1. The van der Waals surface area contributed by atoms with Crippen LogP contribution in [0, 0.1) is 6.92 Å². The van der Waals surface area contributed by atoms with Crippen LogP contribution < -0.4 is 5.46 Å². The number of halogens is 1. The average molecular weight is 293 g/mol. The third-order valence-electron chi connectivity index (χ3n) is 4.21. The van der Waals surface area contributed by atoms with E-state index in [0.717, 1.165) is 22.3 Å². The predicted molar refractivity (Wildman–Crippen MR) is 81.6 cm³/mol. The van der Waals surface area contributed by atoms with E-state index in [4.69, 9.17) is 20.9 Å². The lowest BCUT2D eigenvalue weighted by molar-refractivity contribution is 0.00578. The van der Waals surface area contributed by atoms with Crippen LogP contribution in [0.1, 0.15) is 33.5 Å². The molecule has 0 bridgehead atoms. The van der Waals surface area contributed by atoms with E-state index in [2.05, 4.69) is 9.97 Å². The standard InChI is InChI=1S/C14H18BClN2O2/c1-8-17-11-7-9(6-10(16)12(11)18-8)15-19-13(2,3)14(4,5)20-15/h6-7H,1-5H3,(H,17,18). The van der Waals surface area contributed by atoms with Crippen molar-refractivity contribution in [3.05, 3.63) is 23.0 Å². The van der Waals surface area contributed by atoms with Crippen molar-refractivity contribution < 1.29 is 9.31 Å². The second-order valence-corrected chi connectivity index (χ2v) is 6.72. The van der Waals surface area contributed by atoms with Gasteiger partial charge in [-0.1, -0.05) is 11.6 Å². The molecule has 0 amide bonds. The van der Waals surface area contributed by atoms with E-state index < -0.39 is 7.12 Å². The van der Waals surface area contributed by atoms with Crippen LogP contribution in [0.2, 0.25) is 5.02 Å². The molecule has 1 saturated heterocycles. The van der Waals surface area contributed by atoms with Crippen molar-refractivity contribution in [3.63, 3.8) is 0 Å². The highest BCUT2D eigenvalue weighted by atomic mass is 35.5. The number of aromatic amines is 1. The second-order valence-electron chi connectivity index (χ2n) is 6.31. The minimum absolute atomic E-state index is 0.358. The summed E-state index contributed by atoms with van der Waals surface area (Å²) in [6, 6.07) is 3.86. The Morgan fingerprint density at radius 2 is 1.75 bits per heavy atom. The summed E-state index contributed by atoms with van der Waals surface area (Å²) in [5.74, 6) is 0.841. The molecule has 106 valence electrons. The van der Waals surface area contributed by atoms with E-state index in [1.54, 1.807) is 0 Å². The Bertz CT molecular complexity index is 665. The topological polar surface area (TPSA) is 47.1 Å². The summed E-state index contributed by atoms with van der Waals surface area (Å²) in [6.45, 7) is 10.0. The largest absolute Gasteiger partial charge is 0.494 e. The van der Waals surface area contributed by atoms with Crippen LogP contribution in [0.3, 0.4) is 0 Å². The molecule has 0 saturated carbocycles. The third-order valence-corrected chi connectivity index (χ3v) is 4.49. The van der Waals surface area contributed by atoms with E-state index in [1.807, 2.05) is 46.8 Å². The van der Waals surface area contributed by atoms with E-state index in [0.29, 0.717) is 5.02 Å². The molecule has 3 rings (SSSR count). The lowest BCUT2D eigenvalue weighted by Gasteiger charge is -2.32. The number of hydrogen-bond donors (Lipinski definition) is 1. The van der Waals surface area contributed by atoms with Crippen molar-refractivity contribution in [2.24, 2.45) is 0 Å². The summed E-state index contributed by atoms with van der Waals surface area (Å²) in [7, 11) is -0.412. The fraction of sp³-hybridized carbons (Fsp3) is 0.500. The Morgan fingerprint density at radius 3 is 2.35 bits per heavy atom. The van der Waals surface area contributed by atoms with Crippen LogP contribution in [0.25, 0.3) is 11.0 Å². The Balaban J connectivity index is 2.04. The fourth-order valence-electron chi connectivity index (χ4n) is 2.33. The summed E-state index contributed by atoms with van der Waals surface area (Å²) >= 11 is 6.30. The zero-order chi connectivity index (χ0) is 14.7. The number of benzene rings is 1. The quantitative estimate of drug-likeness (QED) is 0.822. The normalized spacial score (nSPS) is 20.8.